The highest BCUT2D eigenvalue weighted by atomic mass is 35.5. The minimum absolute atomic E-state index is 0. The molecule has 2 aromatic rings. The largest absolute Gasteiger partial charge is 0.457 e. The number of nitrogens with one attached hydrogen (secondary N) is 1. The van der Waals surface area contributed by atoms with Crippen LogP contribution in [-0.4, -0.2) is 11.4 Å². The lowest BCUT2D eigenvalue weighted by atomic mass is 9.77. The summed E-state index contributed by atoms with van der Waals surface area (Å²) in [4.78, 5) is 12.0. The second kappa shape index (κ2) is 7.64. The molecular weight excluding hydrogens is 331 g/mol. The highest BCUT2D eigenvalue weighted by Crippen LogP contribution is 2.29. The maximum absolute atomic E-state index is 12.8. The van der Waals surface area contributed by atoms with Crippen LogP contribution in [0.2, 0.25) is 0 Å². The predicted octanol–water partition coefficient (Wildman–Crippen LogP) is 3.54. The van der Waals surface area contributed by atoms with Crippen LogP contribution >= 0.6 is 12.4 Å². The standard InChI is InChI=1S/C18H19FN2O2.ClH/c19-14-4-8-16(9-5-14)23-15-6-2-13(3-7-15)12-21-17(22)18(20)10-1-11-18;/h2-9H,1,10-12,20H2,(H,21,22);1H. The summed E-state index contributed by atoms with van der Waals surface area (Å²) in [7, 11) is 0. The molecule has 1 aliphatic carbocycles. The molecule has 0 aromatic heterocycles. The smallest absolute Gasteiger partial charge is 0.240 e. The van der Waals surface area contributed by atoms with Crippen molar-refractivity contribution in [2.24, 2.45) is 5.73 Å². The van der Waals surface area contributed by atoms with Gasteiger partial charge in [-0.2, -0.15) is 0 Å². The minimum atomic E-state index is -0.675. The molecule has 1 aliphatic rings. The second-order valence-corrected chi connectivity index (χ2v) is 5.89. The summed E-state index contributed by atoms with van der Waals surface area (Å²) in [5, 5.41) is 2.87. The second-order valence-electron chi connectivity index (χ2n) is 5.89. The normalized spacial score (nSPS) is 14.9. The molecule has 0 spiro atoms. The van der Waals surface area contributed by atoms with Gasteiger partial charge in [0.25, 0.3) is 0 Å². The number of nitrogens with two attached hydrogens (primary N) is 1. The van der Waals surface area contributed by atoms with E-state index < -0.39 is 5.54 Å². The van der Waals surface area contributed by atoms with Crippen molar-refractivity contribution in [2.45, 2.75) is 31.3 Å². The summed E-state index contributed by atoms with van der Waals surface area (Å²) in [6.07, 6.45) is 2.52. The number of carbonyl (C=O) groups is 1. The molecule has 1 fully saturated rings. The fraction of sp³-hybridized carbons (Fsp3) is 0.278. The summed E-state index contributed by atoms with van der Waals surface area (Å²) in [6, 6.07) is 13.2. The molecule has 3 N–H and O–H groups in total. The van der Waals surface area contributed by atoms with Gasteiger partial charge < -0.3 is 15.8 Å². The summed E-state index contributed by atoms with van der Waals surface area (Å²) in [5.74, 6) is 0.839. The van der Waals surface area contributed by atoms with Crippen molar-refractivity contribution in [2.75, 3.05) is 0 Å². The fourth-order valence-electron chi connectivity index (χ4n) is 2.46. The first-order valence-electron chi connectivity index (χ1n) is 7.65. The third-order valence-electron chi connectivity index (χ3n) is 4.12. The Bertz CT molecular complexity index is 685. The molecule has 0 atom stereocenters. The van der Waals surface area contributed by atoms with Crippen LogP contribution < -0.4 is 15.8 Å². The minimum Gasteiger partial charge on any atom is -0.457 e. The SMILES string of the molecule is Cl.NC1(C(=O)NCc2ccc(Oc3ccc(F)cc3)cc2)CCC1. The molecule has 0 unspecified atom stereocenters. The first kappa shape index (κ1) is 18.2. The van der Waals surface area contributed by atoms with Crippen LogP contribution in [0.3, 0.4) is 0 Å². The molecule has 4 nitrogen and oxygen atoms in total. The molecular formula is C18H20ClFN2O2. The summed E-state index contributed by atoms with van der Waals surface area (Å²) < 4.78 is 18.5. The molecule has 24 heavy (non-hydrogen) atoms. The molecule has 1 saturated carbocycles. The lowest BCUT2D eigenvalue weighted by molar-refractivity contribution is -0.129. The average molecular weight is 351 g/mol. The lowest BCUT2D eigenvalue weighted by Gasteiger charge is -2.36. The molecule has 0 heterocycles. The van der Waals surface area contributed by atoms with E-state index in [2.05, 4.69) is 5.32 Å². The van der Waals surface area contributed by atoms with E-state index in [1.54, 1.807) is 12.1 Å². The van der Waals surface area contributed by atoms with Gasteiger partial charge in [-0.15, -0.1) is 12.4 Å². The number of benzene rings is 2. The fourth-order valence-corrected chi connectivity index (χ4v) is 2.46. The lowest BCUT2D eigenvalue weighted by Crippen LogP contribution is -2.58. The van der Waals surface area contributed by atoms with Gasteiger partial charge in [0.1, 0.15) is 17.3 Å². The zero-order valence-corrected chi connectivity index (χ0v) is 13.9. The number of carbonyl (C=O) groups excluding carboxylic acids is 1. The van der Waals surface area contributed by atoms with Crippen LogP contribution in [0.1, 0.15) is 24.8 Å². The third-order valence-corrected chi connectivity index (χ3v) is 4.12. The van der Waals surface area contributed by atoms with E-state index in [4.69, 9.17) is 10.5 Å². The first-order valence-corrected chi connectivity index (χ1v) is 7.65. The Morgan fingerprint density at radius 2 is 1.62 bits per heavy atom. The van der Waals surface area contributed by atoms with Gasteiger partial charge in [0.2, 0.25) is 5.91 Å². The van der Waals surface area contributed by atoms with E-state index in [9.17, 15) is 9.18 Å². The van der Waals surface area contributed by atoms with E-state index in [1.165, 1.54) is 12.1 Å². The van der Waals surface area contributed by atoms with Gasteiger partial charge in [-0.3, -0.25) is 4.79 Å². The first-order chi connectivity index (χ1) is 11.0. The van der Waals surface area contributed by atoms with Gasteiger partial charge in [-0.1, -0.05) is 12.1 Å². The van der Waals surface area contributed by atoms with Crippen LogP contribution in [-0.2, 0) is 11.3 Å². The third kappa shape index (κ3) is 4.24. The molecule has 0 aliphatic heterocycles. The van der Waals surface area contributed by atoms with Crippen LogP contribution in [0, 0.1) is 5.82 Å². The number of ether oxygens (including phenoxy) is 1. The van der Waals surface area contributed by atoms with Gasteiger partial charge >= 0.3 is 0 Å². The molecule has 0 bridgehead atoms. The number of hydrogen-bond acceptors (Lipinski definition) is 3. The van der Waals surface area contributed by atoms with E-state index in [0.717, 1.165) is 24.8 Å². The molecule has 128 valence electrons. The van der Waals surface area contributed by atoms with Crippen molar-refractivity contribution in [3.63, 3.8) is 0 Å². The van der Waals surface area contributed by atoms with Crippen molar-refractivity contribution in [1.82, 2.24) is 5.32 Å². The molecule has 2 aromatic carbocycles. The Morgan fingerprint density at radius 3 is 2.12 bits per heavy atom. The van der Waals surface area contributed by atoms with Crippen molar-refractivity contribution >= 4 is 18.3 Å². The Hall–Kier alpha value is -2.11. The summed E-state index contributed by atoms with van der Waals surface area (Å²) in [6.45, 7) is 0.439. The van der Waals surface area contributed by atoms with Crippen molar-refractivity contribution in [3.8, 4) is 11.5 Å². The number of rotatable bonds is 5. The van der Waals surface area contributed by atoms with Crippen LogP contribution in [0.15, 0.2) is 48.5 Å². The Kier molecular flexibility index (Phi) is 5.80. The van der Waals surface area contributed by atoms with E-state index >= 15 is 0 Å². The zero-order chi connectivity index (χ0) is 16.3. The molecule has 6 heteroatoms. The zero-order valence-electron chi connectivity index (χ0n) is 13.1. The number of hydrogen-bond donors (Lipinski definition) is 2. The highest BCUT2D eigenvalue weighted by molar-refractivity contribution is 5.87. The van der Waals surface area contributed by atoms with Gasteiger partial charge in [0, 0.05) is 6.54 Å². The van der Waals surface area contributed by atoms with E-state index in [1.807, 2.05) is 24.3 Å². The summed E-state index contributed by atoms with van der Waals surface area (Å²) in [5.41, 5.74) is 6.26. The Morgan fingerprint density at radius 1 is 1.08 bits per heavy atom. The predicted molar refractivity (Wildman–Crippen MR) is 92.8 cm³/mol. The van der Waals surface area contributed by atoms with E-state index in [0.29, 0.717) is 18.0 Å². The van der Waals surface area contributed by atoms with E-state index in [-0.39, 0.29) is 24.1 Å². The highest BCUT2D eigenvalue weighted by Gasteiger charge is 2.39. The van der Waals surface area contributed by atoms with Crippen molar-refractivity contribution in [1.29, 1.82) is 0 Å². The van der Waals surface area contributed by atoms with Crippen LogP contribution in [0.4, 0.5) is 4.39 Å². The molecule has 1 amide bonds. The maximum atomic E-state index is 12.8. The Labute approximate surface area is 146 Å². The topological polar surface area (TPSA) is 64.4 Å². The Balaban J connectivity index is 0.00000208. The quantitative estimate of drug-likeness (QED) is 0.867. The maximum Gasteiger partial charge on any atom is 0.240 e. The molecule has 0 saturated heterocycles. The van der Waals surface area contributed by atoms with Crippen LogP contribution in [0.25, 0.3) is 0 Å². The monoisotopic (exact) mass is 350 g/mol. The van der Waals surface area contributed by atoms with Crippen LogP contribution in [0.5, 0.6) is 11.5 Å². The van der Waals surface area contributed by atoms with Gasteiger partial charge in [0.15, 0.2) is 0 Å². The summed E-state index contributed by atoms with van der Waals surface area (Å²) >= 11 is 0. The van der Waals surface area contributed by atoms with Gasteiger partial charge in [0.05, 0.1) is 5.54 Å². The average Bonchev–Trinajstić information content (AvgIpc) is 2.54. The van der Waals surface area contributed by atoms with Crippen molar-refractivity contribution in [3.05, 3.63) is 59.9 Å². The number of halogens is 2. The van der Waals surface area contributed by atoms with Gasteiger partial charge in [-0.25, -0.2) is 4.39 Å². The molecule has 3 rings (SSSR count). The molecule has 0 radical (unpaired) electrons. The van der Waals surface area contributed by atoms with Gasteiger partial charge in [-0.05, 0) is 61.2 Å². The number of amides is 1. The van der Waals surface area contributed by atoms with Crippen molar-refractivity contribution < 1.29 is 13.9 Å².